The maximum Gasteiger partial charge on any atom is 0.0831 e. The Kier molecular flexibility index (Phi) is 2.67. The molecule has 2 nitrogen and oxygen atoms in total. The number of hydrogen-bond acceptors (Lipinski definition) is 2. The number of anilines is 1. The molecule has 0 saturated heterocycles. The van der Waals surface area contributed by atoms with Crippen LogP contribution in [-0.2, 0) is 0 Å². The third kappa shape index (κ3) is 1.71. The summed E-state index contributed by atoms with van der Waals surface area (Å²) in [5, 5.41) is 13.7. The topological polar surface area (TPSA) is 32.3 Å². The molecule has 0 aliphatic carbocycles. The van der Waals surface area contributed by atoms with Gasteiger partial charge in [0.15, 0.2) is 0 Å². The summed E-state index contributed by atoms with van der Waals surface area (Å²) in [5.74, 6) is 2.76. The van der Waals surface area contributed by atoms with E-state index in [0.29, 0.717) is 0 Å². The van der Waals surface area contributed by atoms with Gasteiger partial charge in [0.1, 0.15) is 0 Å². The van der Waals surface area contributed by atoms with E-state index < -0.39 is 6.10 Å². The summed E-state index contributed by atoms with van der Waals surface area (Å²) in [5.41, 5.74) is 3.87. The zero-order valence-electron chi connectivity index (χ0n) is 10.8. The van der Waals surface area contributed by atoms with Gasteiger partial charge in [0.2, 0.25) is 0 Å². The fourth-order valence-electron chi connectivity index (χ4n) is 2.67. The highest BCUT2D eigenvalue weighted by atomic mass is 16.3. The fraction of sp³-hybridized carbons (Fsp3) is 0.467. The molecule has 0 amide bonds. The number of aliphatic hydroxyl groups is 1. The quantitative estimate of drug-likeness (QED) is 0.670. The van der Waals surface area contributed by atoms with Gasteiger partial charge in [0.05, 0.1) is 11.6 Å². The molecule has 0 bridgehead atoms. The molecule has 1 aromatic carbocycles. The summed E-state index contributed by atoms with van der Waals surface area (Å²) in [4.78, 5) is 0. The van der Waals surface area contributed by atoms with Crippen molar-refractivity contribution < 1.29 is 5.11 Å². The van der Waals surface area contributed by atoms with Crippen molar-refractivity contribution >= 4 is 5.69 Å². The largest absolute Gasteiger partial charge is 0.390 e. The number of aliphatic hydroxyl groups excluding tert-OH is 1. The van der Waals surface area contributed by atoms with Crippen molar-refractivity contribution in [3.8, 4) is 12.3 Å². The number of aryl methyl sites for hydroxylation is 1. The Bertz CT molecular complexity index is 496. The second kappa shape index (κ2) is 3.78. The second-order valence-corrected chi connectivity index (χ2v) is 5.44. The first-order valence-corrected chi connectivity index (χ1v) is 5.95. The lowest BCUT2D eigenvalue weighted by Gasteiger charge is -2.43. The number of fused-ring (bicyclic) bond motifs is 1. The first kappa shape index (κ1) is 12.0. The van der Waals surface area contributed by atoms with Gasteiger partial charge in [-0.2, -0.15) is 0 Å². The zero-order valence-corrected chi connectivity index (χ0v) is 10.8. The van der Waals surface area contributed by atoms with E-state index >= 15 is 0 Å². The zero-order chi connectivity index (χ0) is 12.8. The van der Waals surface area contributed by atoms with Crippen LogP contribution in [0.25, 0.3) is 0 Å². The standard InChI is InChI=1S/C15H19NO/c1-6-11-8-7-9(2)13-12(11)10(3)14(17)15(4,5)16-13/h1,7-8,10,14,16-17H,2-5H3/t10-,14?/m0/s1. The summed E-state index contributed by atoms with van der Waals surface area (Å²) in [6.07, 6.45) is 5.10. The van der Waals surface area contributed by atoms with Gasteiger partial charge in [-0.15, -0.1) is 6.42 Å². The van der Waals surface area contributed by atoms with Crippen molar-refractivity contribution in [2.75, 3.05) is 5.32 Å². The summed E-state index contributed by atoms with van der Waals surface area (Å²) in [6.45, 7) is 8.12. The smallest absolute Gasteiger partial charge is 0.0831 e. The summed E-state index contributed by atoms with van der Waals surface area (Å²) < 4.78 is 0. The Morgan fingerprint density at radius 1 is 1.41 bits per heavy atom. The highest BCUT2D eigenvalue weighted by molar-refractivity contribution is 5.68. The van der Waals surface area contributed by atoms with Gasteiger partial charge in [-0.05, 0) is 38.0 Å². The second-order valence-electron chi connectivity index (χ2n) is 5.44. The Balaban J connectivity index is 2.68. The number of benzene rings is 1. The van der Waals surface area contributed by atoms with E-state index in [4.69, 9.17) is 6.42 Å². The minimum atomic E-state index is -0.441. The molecule has 0 spiro atoms. The average molecular weight is 229 g/mol. The number of terminal acetylenes is 1. The van der Waals surface area contributed by atoms with Crippen LogP contribution in [-0.4, -0.2) is 16.7 Å². The van der Waals surface area contributed by atoms with Crippen molar-refractivity contribution in [3.05, 3.63) is 28.8 Å². The van der Waals surface area contributed by atoms with E-state index in [9.17, 15) is 5.11 Å². The fourth-order valence-corrected chi connectivity index (χ4v) is 2.67. The monoisotopic (exact) mass is 229 g/mol. The van der Waals surface area contributed by atoms with E-state index in [0.717, 1.165) is 16.8 Å². The molecule has 1 aromatic rings. The number of hydrogen-bond donors (Lipinski definition) is 2. The maximum atomic E-state index is 10.3. The first-order chi connectivity index (χ1) is 7.88. The molecule has 0 fully saturated rings. The molecule has 0 saturated carbocycles. The molecule has 17 heavy (non-hydrogen) atoms. The molecule has 90 valence electrons. The van der Waals surface area contributed by atoms with Crippen LogP contribution in [0.3, 0.4) is 0 Å². The molecular weight excluding hydrogens is 210 g/mol. The minimum absolute atomic E-state index is 0.0483. The molecule has 1 unspecified atom stereocenters. The van der Waals surface area contributed by atoms with E-state index in [2.05, 4.69) is 18.2 Å². The van der Waals surface area contributed by atoms with Crippen molar-refractivity contribution in [2.24, 2.45) is 0 Å². The van der Waals surface area contributed by atoms with Gasteiger partial charge >= 0.3 is 0 Å². The van der Waals surface area contributed by atoms with Gasteiger partial charge in [0.25, 0.3) is 0 Å². The van der Waals surface area contributed by atoms with Crippen molar-refractivity contribution in [2.45, 2.75) is 45.3 Å². The summed E-state index contributed by atoms with van der Waals surface area (Å²) in [6, 6.07) is 3.99. The third-order valence-electron chi connectivity index (χ3n) is 3.72. The van der Waals surface area contributed by atoms with E-state index in [1.54, 1.807) is 0 Å². The van der Waals surface area contributed by atoms with Gasteiger partial charge < -0.3 is 10.4 Å². The average Bonchev–Trinajstić information content (AvgIpc) is 2.28. The Morgan fingerprint density at radius 3 is 2.65 bits per heavy atom. The lowest BCUT2D eigenvalue weighted by Crippen LogP contribution is -2.50. The van der Waals surface area contributed by atoms with Crippen LogP contribution in [0.5, 0.6) is 0 Å². The van der Waals surface area contributed by atoms with Gasteiger partial charge in [-0.1, -0.05) is 18.9 Å². The normalized spacial score (nSPS) is 25.6. The highest BCUT2D eigenvalue weighted by Gasteiger charge is 2.39. The molecule has 1 aliphatic rings. The SMILES string of the molecule is C#Cc1ccc(C)c2c1[C@H](C)C(O)C(C)(C)N2. The van der Waals surface area contributed by atoms with E-state index in [1.165, 1.54) is 5.56 Å². The third-order valence-corrected chi connectivity index (χ3v) is 3.72. The van der Waals surface area contributed by atoms with Crippen LogP contribution in [0.2, 0.25) is 0 Å². The highest BCUT2D eigenvalue weighted by Crippen LogP contribution is 2.42. The molecule has 2 atom stereocenters. The van der Waals surface area contributed by atoms with Gasteiger partial charge in [-0.25, -0.2) is 0 Å². The molecular formula is C15H19NO. The van der Waals surface area contributed by atoms with E-state index in [1.807, 2.05) is 32.9 Å². The van der Waals surface area contributed by atoms with Crippen molar-refractivity contribution in [1.29, 1.82) is 0 Å². The van der Waals surface area contributed by atoms with Crippen molar-refractivity contribution in [1.82, 2.24) is 0 Å². The molecule has 2 rings (SSSR count). The number of rotatable bonds is 0. The predicted molar refractivity (Wildman–Crippen MR) is 71.2 cm³/mol. The molecule has 1 heterocycles. The van der Waals surface area contributed by atoms with Crippen LogP contribution in [0, 0.1) is 19.3 Å². The summed E-state index contributed by atoms with van der Waals surface area (Å²) in [7, 11) is 0. The first-order valence-electron chi connectivity index (χ1n) is 5.95. The van der Waals surface area contributed by atoms with Crippen LogP contribution in [0.4, 0.5) is 5.69 Å². The minimum Gasteiger partial charge on any atom is -0.390 e. The van der Waals surface area contributed by atoms with Crippen LogP contribution >= 0.6 is 0 Å². The Hall–Kier alpha value is -1.46. The molecule has 2 N–H and O–H groups in total. The number of nitrogens with one attached hydrogen (secondary N) is 1. The lowest BCUT2D eigenvalue weighted by molar-refractivity contribution is 0.0867. The predicted octanol–water partition coefficient (Wildman–Crippen LogP) is 2.64. The summed E-state index contributed by atoms with van der Waals surface area (Å²) >= 11 is 0. The Labute approximate surface area is 103 Å². The molecule has 0 radical (unpaired) electrons. The molecule has 0 aromatic heterocycles. The van der Waals surface area contributed by atoms with Crippen LogP contribution in [0.1, 0.15) is 43.4 Å². The van der Waals surface area contributed by atoms with Gasteiger partial charge in [0, 0.05) is 17.2 Å². The lowest BCUT2D eigenvalue weighted by atomic mass is 9.76. The van der Waals surface area contributed by atoms with Gasteiger partial charge in [-0.3, -0.25) is 0 Å². The van der Waals surface area contributed by atoms with Crippen LogP contribution < -0.4 is 5.32 Å². The molecule has 2 heteroatoms. The maximum absolute atomic E-state index is 10.3. The van der Waals surface area contributed by atoms with Crippen LogP contribution in [0.15, 0.2) is 12.1 Å². The van der Waals surface area contributed by atoms with E-state index in [-0.39, 0.29) is 11.5 Å². The Morgan fingerprint density at radius 2 is 2.06 bits per heavy atom. The molecule has 1 aliphatic heterocycles. The van der Waals surface area contributed by atoms with Crippen molar-refractivity contribution in [3.63, 3.8) is 0 Å².